The number of aryl methyl sites for hydroxylation is 1. The van der Waals surface area contributed by atoms with Gasteiger partial charge in [-0.15, -0.1) is 0 Å². The summed E-state index contributed by atoms with van der Waals surface area (Å²) in [5.41, 5.74) is 7.24. The molecule has 1 amide bonds. The zero-order chi connectivity index (χ0) is 15.6. The van der Waals surface area contributed by atoms with Crippen LogP contribution in [0.3, 0.4) is 0 Å². The monoisotopic (exact) mass is 305 g/mol. The average Bonchev–Trinajstić information content (AvgIpc) is 2.43. The topological polar surface area (TPSA) is 98.3 Å². The fraction of sp³-hybridized carbons (Fsp3) is 0.0714. The molecule has 0 saturated carbocycles. The van der Waals surface area contributed by atoms with Crippen LogP contribution in [-0.4, -0.2) is 10.8 Å². The van der Waals surface area contributed by atoms with E-state index in [2.05, 4.69) is 5.32 Å². The van der Waals surface area contributed by atoms with Crippen molar-refractivity contribution in [1.29, 1.82) is 0 Å². The molecule has 0 aliphatic heterocycles. The fourth-order valence-electron chi connectivity index (χ4n) is 1.78. The van der Waals surface area contributed by atoms with Crippen LogP contribution in [0, 0.1) is 17.0 Å². The van der Waals surface area contributed by atoms with Gasteiger partial charge in [-0.05, 0) is 25.1 Å². The van der Waals surface area contributed by atoms with E-state index in [1.54, 1.807) is 18.2 Å². The van der Waals surface area contributed by atoms with Crippen molar-refractivity contribution in [2.45, 2.75) is 6.92 Å². The average molecular weight is 306 g/mol. The predicted molar refractivity (Wildman–Crippen MR) is 81.7 cm³/mol. The van der Waals surface area contributed by atoms with E-state index >= 15 is 0 Å². The quantitative estimate of drug-likeness (QED) is 0.516. The summed E-state index contributed by atoms with van der Waals surface area (Å²) in [6.45, 7) is 1.83. The summed E-state index contributed by atoms with van der Waals surface area (Å²) < 4.78 is 0. The summed E-state index contributed by atoms with van der Waals surface area (Å²) in [6, 6.07) is 8.86. The molecule has 0 atom stereocenters. The zero-order valence-electron chi connectivity index (χ0n) is 11.1. The third kappa shape index (κ3) is 3.29. The highest BCUT2D eigenvalue weighted by atomic mass is 35.5. The molecular weight excluding hydrogens is 294 g/mol. The molecule has 0 aliphatic rings. The Morgan fingerprint density at radius 3 is 2.67 bits per heavy atom. The van der Waals surface area contributed by atoms with E-state index in [1.807, 2.05) is 6.92 Å². The number of carbonyl (C=O) groups is 1. The van der Waals surface area contributed by atoms with Gasteiger partial charge in [-0.3, -0.25) is 14.9 Å². The Labute approximate surface area is 125 Å². The number of halogens is 1. The Morgan fingerprint density at radius 1 is 1.29 bits per heavy atom. The number of benzene rings is 2. The number of non-ortho nitro benzene ring substituents is 1. The lowest BCUT2D eigenvalue weighted by atomic mass is 10.1. The van der Waals surface area contributed by atoms with E-state index in [1.165, 1.54) is 18.2 Å². The summed E-state index contributed by atoms with van der Waals surface area (Å²) in [4.78, 5) is 22.4. The minimum atomic E-state index is -0.562. The van der Waals surface area contributed by atoms with Crippen molar-refractivity contribution in [3.63, 3.8) is 0 Å². The summed E-state index contributed by atoms with van der Waals surface area (Å²) in [5.74, 6) is -0.474. The van der Waals surface area contributed by atoms with Crippen LogP contribution >= 0.6 is 11.6 Å². The van der Waals surface area contributed by atoms with Gasteiger partial charge in [-0.25, -0.2) is 0 Å². The highest BCUT2D eigenvalue weighted by Crippen LogP contribution is 2.27. The van der Waals surface area contributed by atoms with E-state index in [0.717, 1.165) is 5.56 Å². The van der Waals surface area contributed by atoms with Crippen LogP contribution in [0.15, 0.2) is 36.4 Å². The SMILES string of the molecule is Cc1ccc(N)c(C(=O)Nc2cc([N+](=O)[O-])ccc2Cl)c1. The number of carbonyl (C=O) groups excluding carboxylic acids is 1. The molecule has 3 N–H and O–H groups in total. The zero-order valence-corrected chi connectivity index (χ0v) is 11.8. The Bertz CT molecular complexity index is 731. The smallest absolute Gasteiger partial charge is 0.271 e. The molecule has 0 aliphatic carbocycles. The third-order valence-electron chi connectivity index (χ3n) is 2.86. The maximum Gasteiger partial charge on any atom is 0.271 e. The highest BCUT2D eigenvalue weighted by molar-refractivity contribution is 6.34. The first-order valence-electron chi connectivity index (χ1n) is 6.00. The maximum absolute atomic E-state index is 12.2. The number of hydrogen-bond acceptors (Lipinski definition) is 4. The van der Waals surface area contributed by atoms with Crippen LogP contribution in [0.2, 0.25) is 5.02 Å². The molecule has 21 heavy (non-hydrogen) atoms. The number of anilines is 2. The molecule has 108 valence electrons. The van der Waals surface area contributed by atoms with E-state index in [9.17, 15) is 14.9 Å². The Morgan fingerprint density at radius 2 is 2.00 bits per heavy atom. The van der Waals surface area contributed by atoms with E-state index in [4.69, 9.17) is 17.3 Å². The normalized spacial score (nSPS) is 10.2. The second-order valence-corrected chi connectivity index (χ2v) is 4.87. The minimum absolute atomic E-state index is 0.160. The first-order chi connectivity index (χ1) is 9.88. The molecule has 2 aromatic carbocycles. The van der Waals surface area contributed by atoms with Gasteiger partial charge in [0.25, 0.3) is 11.6 Å². The van der Waals surface area contributed by atoms with E-state index in [0.29, 0.717) is 5.69 Å². The first kappa shape index (κ1) is 14.8. The van der Waals surface area contributed by atoms with Gasteiger partial charge in [-0.2, -0.15) is 0 Å². The summed E-state index contributed by atoms with van der Waals surface area (Å²) in [5, 5.41) is 13.5. The van der Waals surface area contributed by atoms with Gasteiger partial charge in [0.1, 0.15) is 0 Å². The molecule has 0 fully saturated rings. The Hall–Kier alpha value is -2.60. The number of nitrogens with one attached hydrogen (secondary N) is 1. The molecule has 0 saturated heterocycles. The van der Waals surface area contributed by atoms with Gasteiger partial charge < -0.3 is 11.1 Å². The van der Waals surface area contributed by atoms with Gasteiger partial charge in [0.2, 0.25) is 0 Å². The molecule has 0 aromatic heterocycles. The summed E-state index contributed by atoms with van der Waals surface area (Å²) in [7, 11) is 0. The van der Waals surface area contributed by atoms with Crippen molar-refractivity contribution in [2.75, 3.05) is 11.1 Å². The van der Waals surface area contributed by atoms with Crippen LogP contribution in [-0.2, 0) is 0 Å². The third-order valence-corrected chi connectivity index (χ3v) is 3.19. The van der Waals surface area contributed by atoms with Crippen LogP contribution in [0.25, 0.3) is 0 Å². The lowest BCUT2D eigenvalue weighted by molar-refractivity contribution is -0.384. The van der Waals surface area contributed by atoms with E-state index < -0.39 is 10.8 Å². The van der Waals surface area contributed by atoms with Gasteiger partial charge >= 0.3 is 0 Å². The highest BCUT2D eigenvalue weighted by Gasteiger charge is 2.15. The Kier molecular flexibility index (Phi) is 4.09. The predicted octanol–water partition coefficient (Wildman–Crippen LogP) is 3.39. The molecule has 2 aromatic rings. The summed E-state index contributed by atoms with van der Waals surface area (Å²) >= 11 is 5.93. The summed E-state index contributed by atoms with van der Waals surface area (Å²) in [6.07, 6.45) is 0. The van der Waals surface area contributed by atoms with Gasteiger partial charge in [0.15, 0.2) is 0 Å². The number of nitrogens with zero attached hydrogens (tertiary/aromatic N) is 1. The molecule has 6 nitrogen and oxygen atoms in total. The number of nitro benzene ring substituents is 1. The second kappa shape index (κ2) is 5.80. The fourth-order valence-corrected chi connectivity index (χ4v) is 1.94. The van der Waals surface area contributed by atoms with Crippen LogP contribution in [0.5, 0.6) is 0 Å². The van der Waals surface area contributed by atoms with Crippen LogP contribution < -0.4 is 11.1 Å². The number of nitro groups is 1. The lowest BCUT2D eigenvalue weighted by Gasteiger charge is -2.09. The molecule has 0 unspecified atom stereocenters. The largest absolute Gasteiger partial charge is 0.398 e. The minimum Gasteiger partial charge on any atom is -0.398 e. The number of amides is 1. The standard InChI is InChI=1S/C14H12ClN3O3/c1-8-2-5-12(16)10(6-8)14(19)17-13-7-9(18(20)21)3-4-11(13)15/h2-7H,16H2,1H3,(H,17,19). The first-order valence-corrected chi connectivity index (χ1v) is 6.37. The van der Waals surface area contributed by atoms with Crippen molar-refractivity contribution in [2.24, 2.45) is 0 Å². The van der Waals surface area contributed by atoms with Crippen molar-refractivity contribution < 1.29 is 9.72 Å². The molecular formula is C14H12ClN3O3. The van der Waals surface area contributed by atoms with Gasteiger partial charge in [0, 0.05) is 17.8 Å². The van der Waals surface area contributed by atoms with Gasteiger partial charge in [0.05, 0.1) is 21.2 Å². The van der Waals surface area contributed by atoms with Crippen molar-refractivity contribution in [1.82, 2.24) is 0 Å². The molecule has 2 rings (SSSR count). The lowest BCUT2D eigenvalue weighted by Crippen LogP contribution is -2.14. The van der Waals surface area contributed by atoms with Gasteiger partial charge in [-0.1, -0.05) is 23.2 Å². The van der Waals surface area contributed by atoms with E-state index in [-0.39, 0.29) is 22.0 Å². The van der Waals surface area contributed by atoms with Crippen molar-refractivity contribution >= 4 is 34.6 Å². The van der Waals surface area contributed by atoms with Crippen molar-refractivity contribution in [3.8, 4) is 0 Å². The number of nitrogen functional groups attached to an aromatic ring is 1. The van der Waals surface area contributed by atoms with Crippen LogP contribution in [0.4, 0.5) is 17.1 Å². The number of hydrogen-bond donors (Lipinski definition) is 2. The maximum atomic E-state index is 12.2. The Balaban J connectivity index is 2.33. The number of rotatable bonds is 3. The number of nitrogens with two attached hydrogens (primary N) is 1. The molecule has 0 spiro atoms. The molecule has 0 heterocycles. The van der Waals surface area contributed by atoms with Crippen LogP contribution in [0.1, 0.15) is 15.9 Å². The van der Waals surface area contributed by atoms with Crippen molar-refractivity contribution in [3.05, 3.63) is 62.7 Å². The molecule has 0 radical (unpaired) electrons. The second-order valence-electron chi connectivity index (χ2n) is 4.47. The molecule has 0 bridgehead atoms. The molecule has 7 heteroatoms.